The number of anilines is 1. The van der Waals surface area contributed by atoms with Gasteiger partial charge in [0.25, 0.3) is 5.56 Å². The van der Waals surface area contributed by atoms with Gasteiger partial charge in [-0.05, 0) is 34.5 Å². The van der Waals surface area contributed by atoms with Crippen LogP contribution in [0.2, 0.25) is 0 Å². The SMILES string of the molecule is Cc1ncn(Cc2ccc(N)nc2)c(=O)c1Br. The first-order valence-electron chi connectivity index (χ1n) is 5.00. The minimum Gasteiger partial charge on any atom is -0.384 e. The van der Waals surface area contributed by atoms with E-state index in [2.05, 4.69) is 25.9 Å². The zero-order chi connectivity index (χ0) is 12.4. The average Bonchev–Trinajstić information content (AvgIpc) is 2.33. The highest BCUT2D eigenvalue weighted by molar-refractivity contribution is 9.10. The molecule has 0 fully saturated rings. The Kier molecular flexibility index (Phi) is 3.23. The molecule has 6 heteroatoms. The number of rotatable bonds is 2. The highest BCUT2D eigenvalue weighted by Gasteiger charge is 2.05. The van der Waals surface area contributed by atoms with E-state index in [0.29, 0.717) is 22.5 Å². The van der Waals surface area contributed by atoms with E-state index in [1.807, 2.05) is 6.07 Å². The molecule has 17 heavy (non-hydrogen) atoms. The van der Waals surface area contributed by atoms with E-state index in [-0.39, 0.29) is 5.56 Å². The maximum atomic E-state index is 11.9. The second-order valence-electron chi connectivity index (χ2n) is 3.67. The molecule has 2 aromatic heterocycles. The third-order valence-corrected chi connectivity index (χ3v) is 3.27. The van der Waals surface area contributed by atoms with Crippen LogP contribution in [0.3, 0.4) is 0 Å². The molecular formula is C11H11BrN4O. The fourth-order valence-electron chi connectivity index (χ4n) is 1.39. The van der Waals surface area contributed by atoms with Crippen molar-refractivity contribution in [3.05, 3.63) is 50.7 Å². The molecule has 5 nitrogen and oxygen atoms in total. The number of pyridine rings is 1. The number of hydrogen-bond donors (Lipinski definition) is 1. The van der Waals surface area contributed by atoms with Gasteiger partial charge in [0.05, 0.1) is 18.6 Å². The molecule has 0 saturated heterocycles. The van der Waals surface area contributed by atoms with Gasteiger partial charge in [0.1, 0.15) is 10.3 Å². The predicted molar refractivity (Wildman–Crippen MR) is 68.7 cm³/mol. The van der Waals surface area contributed by atoms with E-state index in [0.717, 1.165) is 5.56 Å². The highest BCUT2D eigenvalue weighted by Crippen LogP contribution is 2.08. The standard InChI is InChI=1S/C11H11BrN4O/c1-7-10(12)11(17)16(6-15-7)5-8-2-3-9(13)14-4-8/h2-4,6H,5H2,1H3,(H2,13,14). The number of nitrogens with two attached hydrogens (primary N) is 1. The molecule has 88 valence electrons. The van der Waals surface area contributed by atoms with Gasteiger partial charge < -0.3 is 5.73 Å². The summed E-state index contributed by atoms with van der Waals surface area (Å²) in [5.74, 6) is 0.462. The lowest BCUT2D eigenvalue weighted by Crippen LogP contribution is -2.22. The topological polar surface area (TPSA) is 73.8 Å². The van der Waals surface area contributed by atoms with E-state index in [1.54, 1.807) is 19.2 Å². The number of halogens is 1. The predicted octanol–water partition coefficient (Wildman–Crippen LogP) is 1.34. The smallest absolute Gasteiger partial charge is 0.268 e. The molecule has 0 aliphatic heterocycles. The summed E-state index contributed by atoms with van der Waals surface area (Å²) in [5, 5.41) is 0. The van der Waals surface area contributed by atoms with Crippen molar-refractivity contribution in [3.8, 4) is 0 Å². The Morgan fingerprint density at radius 3 is 2.82 bits per heavy atom. The summed E-state index contributed by atoms with van der Waals surface area (Å²) in [7, 11) is 0. The molecule has 0 aliphatic rings. The van der Waals surface area contributed by atoms with Crippen LogP contribution in [0.5, 0.6) is 0 Å². The molecule has 0 unspecified atom stereocenters. The summed E-state index contributed by atoms with van der Waals surface area (Å²) in [6.45, 7) is 2.21. The molecule has 0 atom stereocenters. The van der Waals surface area contributed by atoms with Crippen LogP contribution in [0.4, 0.5) is 5.82 Å². The number of nitrogens with zero attached hydrogens (tertiary/aromatic N) is 3. The van der Waals surface area contributed by atoms with E-state index in [4.69, 9.17) is 5.73 Å². The van der Waals surface area contributed by atoms with E-state index in [1.165, 1.54) is 10.9 Å². The lowest BCUT2D eigenvalue weighted by Gasteiger charge is -2.06. The molecular weight excluding hydrogens is 284 g/mol. The van der Waals surface area contributed by atoms with Crippen LogP contribution in [0, 0.1) is 6.92 Å². The zero-order valence-electron chi connectivity index (χ0n) is 9.22. The first-order chi connectivity index (χ1) is 8.08. The Morgan fingerprint density at radius 2 is 2.18 bits per heavy atom. The van der Waals surface area contributed by atoms with Gasteiger partial charge in [-0.15, -0.1) is 0 Å². The summed E-state index contributed by atoms with van der Waals surface area (Å²) < 4.78 is 2.01. The Hall–Kier alpha value is -1.69. The first kappa shape index (κ1) is 11.8. The molecule has 2 aromatic rings. The molecule has 0 amide bonds. The second kappa shape index (κ2) is 4.67. The number of hydrogen-bond acceptors (Lipinski definition) is 4. The van der Waals surface area contributed by atoms with Crippen molar-refractivity contribution in [3.63, 3.8) is 0 Å². The van der Waals surface area contributed by atoms with Gasteiger partial charge in [0.2, 0.25) is 0 Å². The minimum absolute atomic E-state index is 0.102. The van der Waals surface area contributed by atoms with Crippen molar-refractivity contribution in [1.29, 1.82) is 0 Å². The number of aryl methyl sites for hydroxylation is 1. The third-order valence-electron chi connectivity index (χ3n) is 2.36. The fourth-order valence-corrected chi connectivity index (χ4v) is 1.72. The van der Waals surface area contributed by atoms with E-state index >= 15 is 0 Å². The second-order valence-corrected chi connectivity index (χ2v) is 4.46. The van der Waals surface area contributed by atoms with Crippen molar-refractivity contribution >= 4 is 21.7 Å². The van der Waals surface area contributed by atoms with Crippen molar-refractivity contribution in [1.82, 2.24) is 14.5 Å². The Labute approximate surface area is 106 Å². The Bertz CT molecular complexity index is 591. The van der Waals surface area contributed by atoms with Gasteiger partial charge in [-0.3, -0.25) is 9.36 Å². The van der Waals surface area contributed by atoms with Gasteiger partial charge in [-0.2, -0.15) is 0 Å². The van der Waals surface area contributed by atoms with Gasteiger partial charge in [0, 0.05) is 6.20 Å². The Morgan fingerprint density at radius 1 is 1.41 bits per heavy atom. The molecule has 0 saturated carbocycles. The monoisotopic (exact) mass is 294 g/mol. The fraction of sp³-hybridized carbons (Fsp3) is 0.182. The largest absolute Gasteiger partial charge is 0.384 e. The van der Waals surface area contributed by atoms with Crippen molar-refractivity contribution < 1.29 is 0 Å². The van der Waals surface area contributed by atoms with E-state index < -0.39 is 0 Å². The van der Waals surface area contributed by atoms with Gasteiger partial charge in [-0.1, -0.05) is 6.07 Å². The van der Waals surface area contributed by atoms with Crippen molar-refractivity contribution in [2.24, 2.45) is 0 Å². The van der Waals surface area contributed by atoms with Crippen LogP contribution >= 0.6 is 15.9 Å². The lowest BCUT2D eigenvalue weighted by atomic mass is 10.3. The average molecular weight is 295 g/mol. The van der Waals surface area contributed by atoms with E-state index in [9.17, 15) is 4.79 Å². The quantitative estimate of drug-likeness (QED) is 0.907. The molecule has 0 aliphatic carbocycles. The summed E-state index contributed by atoms with van der Waals surface area (Å²) in [6.07, 6.45) is 3.17. The summed E-state index contributed by atoms with van der Waals surface area (Å²) in [6, 6.07) is 3.54. The molecule has 2 N–H and O–H groups in total. The third kappa shape index (κ3) is 2.52. The number of aromatic nitrogens is 3. The first-order valence-corrected chi connectivity index (χ1v) is 5.79. The van der Waals surface area contributed by atoms with Gasteiger partial charge in [0.15, 0.2) is 0 Å². The highest BCUT2D eigenvalue weighted by atomic mass is 79.9. The summed E-state index contributed by atoms with van der Waals surface area (Å²) in [5.41, 5.74) is 6.98. The number of nitrogen functional groups attached to an aromatic ring is 1. The maximum Gasteiger partial charge on any atom is 0.268 e. The molecule has 0 aromatic carbocycles. The summed E-state index contributed by atoms with van der Waals surface area (Å²) >= 11 is 3.22. The van der Waals surface area contributed by atoms with Gasteiger partial charge >= 0.3 is 0 Å². The van der Waals surface area contributed by atoms with Crippen LogP contribution < -0.4 is 11.3 Å². The molecule has 0 radical (unpaired) electrons. The van der Waals surface area contributed by atoms with Gasteiger partial charge in [-0.25, -0.2) is 9.97 Å². The molecule has 2 rings (SSSR count). The lowest BCUT2D eigenvalue weighted by molar-refractivity contribution is 0.722. The van der Waals surface area contributed by atoms with Crippen LogP contribution in [-0.2, 0) is 6.54 Å². The maximum absolute atomic E-state index is 11.9. The van der Waals surface area contributed by atoms with Crippen molar-refractivity contribution in [2.75, 3.05) is 5.73 Å². The summed E-state index contributed by atoms with van der Waals surface area (Å²) in [4.78, 5) is 20.0. The van der Waals surface area contributed by atoms with Crippen molar-refractivity contribution in [2.45, 2.75) is 13.5 Å². The minimum atomic E-state index is -0.102. The molecule has 0 spiro atoms. The van der Waals surface area contributed by atoms with Crippen LogP contribution in [0.25, 0.3) is 0 Å². The normalized spacial score (nSPS) is 10.5. The molecule has 2 heterocycles. The molecule has 0 bridgehead atoms. The Balaban J connectivity index is 2.34. The zero-order valence-corrected chi connectivity index (χ0v) is 10.8. The van der Waals surface area contributed by atoms with Crippen LogP contribution in [0.15, 0.2) is 33.9 Å². The van der Waals surface area contributed by atoms with Crippen LogP contribution in [0.1, 0.15) is 11.3 Å². The van der Waals surface area contributed by atoms with Crippen LogP contribution in [-0.4, -0.2) is 14.5 Å².